The van der Waals surface area contributed by atoms with Crippen LogP contribution in [0.2, 0.25) is 0 Å². The van der Waals surface area contributed by atoms with Gasteiger partial charge in [-0.15, -0.1) is 0 Å². The van der Waals surface area contributed by atoms with Gasteiger partial charge >= 0.3 is 0 Å². The maximum atomic E-state index is 5.20. The van der Waals surface area contributed by atoms with Crippen molar-refractivity contribution in [1.82, 2.24) is 0 Å². The minimum atomic E-state index is 0.348. The van der Waals surface area contributed by atoms with E-state index >= 15 is 0 Å². The van der Waals surface area contributed by atoms with Gasteiger partial charge in [-0.25, -0.2) is 0 Å². The van der Waals surface area contributed by atoms with Gasteiger partial charge in [-0.05, 0) is 13.3 Å². The number of allylic oxidation sites excluding steroid dienone is 3. The first-order valence-corrected chi connectivity index (χ1v) is 3.70. The Morgan fingerprint density at radius 2 is 2.30 bits per heavy atom. The van der Waals surface area contributed by atoms with Gasteiger partial charge in [0, 0.05) is 13.0 Å². The quantitative estimate of drug-likeness (QED) is 0.568. The van der Waals surface area contributed by atoms with E-state index < -0.39 is 0 Å². The molecule has 0 saturated carbocycles. The number of methoxy groups -OCH3 is 1. The van der Waals surface area contributed by atoms with Gasteiger partial charge in [-0.2, -0.15) is 0 Å². The van der Waals surface area contributed by atoms with Gasteiger partial charge in [0.15, 0.2) is 0 Å². The fourth-order valence-corrected chi connectivity index (χ4v) is 1.12. The van der Waals surface area contributed by atoms with E-state index in [-0.39, 0.29) is 0 Å². The first-order chi connectivity index (χ1) is 4.84. The van der Waals surface area contributed by atoms with Gasteiger partial charge in [0.05, 0.1) is 6.10 Å². The molecule has 0 saturated heterocycles. The number of rotatable bonds is 2. The molecule has 0 aromatic carbocycles. The summed E-state index contributed by atoms with van der Waals surface area (Å²) in [5.74, 6) is 0.579. The Balaban J connectivity index is 2.42. The molecule has 1 nitrogen and oxygen atoms in total. The first-order valence-electron chi connectivity index (χ1n) is 3.70. The van der Waals surface area contributed by atoms with Crippen LogP contribution in [0.15, 0.2) is 24.3 Å². The third-order valence-electron chi connectivity index (χ3n) is 1.99. The van der Waals surface area contributed by atoms with Crippen LogP contribution < -0.4 is 0 Å². The molecule has 0 heterocycles. The van der Waals surface area contributed by atoms with Crippen LogP contribution in [0.1, 0.15) is 13.3 Å². The molecule has 0 aliphatic heterocycles. The zero-order valence-electron chi connectivity index (χ0n) is 6.58. The Morgan fingerprint density at radius 1 is 1.50 bits per heavy atom. The lowest BCUT2D eigenvalue weighted by molar-refractivity contribution is 0.0844. The van der Waals surface area contributed by atoms with E-state index in [2.05, 4.69) is 31.2 Å². The van der Waals surface area contributed by atoms with E-state index in [9.17, 15) is 0 Å². The van der Waals surface area contributed by atoms with E-state index in [1.54, 1.807) is 7.11 Å². The van der Waals surface area contributed by atoms with Gasteiger partial charge < -0.3 is 4.74 Å². The molecule has 0 N–H and O–H groups in total. The van der Waals surface area contributed by atoms with Crippen molar-refractivity contribution in [1.29, 1.82) is 0 Å². The number of hydrogen-bond donors (Lipinski definition) is 0. The van der Waals surface area contributed by atoms with Gasteiger partial charge in [0.1, 0.15) is 0 Å². The second kappa shape index (κ2) is 3.57. The summed E-state index contributed by atoms with van der Waals surface area (Å²) in [7, 11) is 1.76. The molecule has 0 aromatic heterocycles. The highest BCUT2D eigenvalue weighted by molar-refractivity contribution is 5.11. The standard InChI is InChI=1S/C9H14O/c1-8(10-2)9-6-4-3-5-7-9/h3-6,8-9H,7H2,1-2H3. The monoisotopic (exact) mass is 138 g/mol. The van der Waals surface area contributed by atoms with Crippen molar-refractivity contribution < 1.29 is 4.74 Å². The lowest BCUT2D eigenvalue weighted by atomic mass is 9.96. The zero-order chi connectivity index (χ0) is 7.40. The van der Waals surface area contributed by atoms with Crippen LogP contribution in [0.4, 0.5) is 0 Å². The van der Waals surface area contributed by atoms with Crippen molar-refractivity contribution in [2.45, 2.75) is 19.4 Å². The molecule has 1 aliphatic carbocycles. The molecule has 56 valence electrons. The summed E-state index contributed by atoms with van der Waals surface area (Å²) in [6, 6.07) is 0. The predicted octanol–water partition coefficient (Wildman–Crippen LogP) is 2.15. The van der Waals surface area contributed by atoms with Crippen LogP contribution in [-0.4, -0.2) is 13.2 Å². The van der Waals surface area contributed by atoms with E-state index in [0.29, 0.717) is 12.0 Å². The smallest absolute Gasteiger partial charge is 0.0608 e. The summed E-state index contributed by atoms with van der Waals surface area (Å²) < 4.78 is 5.20. The molecule has 0 aromatic rings. The average Bonchev–Trinajstić information content (AvgIpc) is 2.05. The maximum absolute atomic E-state index is 5.20. The third-order valence-corrected chi connectivity index (χ3v) is 1.99. The minimum Gasteiger partial charge on any atom is -0.381 e. The molecule has 2 unspecified atom stereocenters. The molecule has 2 atom stereocenters. The van der Waals surface area contributed by atoms with Crippen LogP contribution >= 0.6 is 0 Å². The first kappa shape index (κ1) is 7.55. The third kappa shape index (κ3) is 1.71. The normalized spacial score (nSPS) is 26.8. The molecule has 1 heteroatoms. The van der Waals surface area contributed by atoms with E-state index in [1.807, 2.05) is 0 Å². The van der Waals surface area contributed by atoms with Crippen molar-refractivity contribution in [3.63, 3.8) is 0 Å². The maximum Gasteiger partial charge on any atom is 0.0608 e. The van der Waals surface area contributed by atoms with Gasteiger partial charge in [0.25, 0.3) is 0 Å². The lowest BCUT2D eigenvalue weighted by Gasteiger charge is -2.19. The van der Waals surface area contributed by atoms with Crippen molar-refractivity contribution in [3.8, 4) is 0 Å². The number of ether oxygens (including phenoxy) is 1. The second-order valence-electron chi connectivity index (χ2n) is 2.65. The summed E-state index contributed by atoms with van der Waals surface area (Å²) in [6.45, 7) is 2.11. The SMILES string of the molecule is COC(C)C1C=CC=CC1. The zero-order valence-corrected chi connectivity index (χ0v) is 6.58. The van der Waals surface area contributed by atoms with Gasteiger partial charge in [-0.3, -0.25) is 0 Å². The summed E-state index contributed by atoms with van der Waals surface area (Å²) in [5, 5.41) is 0. The van der Waals surface area contributed by atoms with Crippen LogP contribution in [0, 0.1) is 5.92 Å². The molecular weight excluding hydrogens is 124 g/mol. The molecule has 0 fully saturated rings. The Morgan fingerprint density at radius 3 is 2.80 bits per heavy atom. The summed E-state index contributed by atoms with van der Waals surface area (Å²) in [6.07, 6.45) is 10.0. The van der Waals surface area contributed by atoms with Gasteiger partial charge in [-0.1, -0.05) is 24.3 Å². The van der Waals surface area contributed by atoms with Crippen molar-refractivity contribution in [2.24, 2.45) is 5.92 Å². The largest absolute Gasteiger partial charge is 0.381 e. The van der Waals surface area contributed by atoms with Gasteiger partial charge in [0.2, 0.25) is 0 Å². The Labute approximate surface area is 62.4 Å². The van der Waals surface area contributed by atoms with Crippen molar-refractivity contribution >= 4 is 0 Å². The summed E-state index contributed by atoms with van der Waals surface area (Å²) in [4.78, 5) is 0. The fourth-order valence-electron chi connectivity index (χ4n) is 1.12. The summed E-state index contributed by atoms with van der Waals surface area (Å²) in [5.41, 5.74) is 0. The lowest BCUT2D eigenvalue weighted by Crippen LogP contribution is -2.17. The molecule has 0 radical (unpaired) electrons. The average molecular weight is 138 g/mol. The molecule has 1 rings (SSSR count). The van der Waals surface area contributed by atoms with Crippen LogP contribution in [0.5, 0.6) is 0 Å². The van der Waals surface area contributed by atoms with E-state index in [4.69, 9.17) is 4.74 Å². The Kier molecular flexibility index (Phi) is 2.69. The van der Waals surface area contributed by atoms with Crippen LogP contribution in [-0.2, 0) is 4.74 Å². The number of hydrogen-bond acceptors (Lipinski definition) is 1. The summed E-state index contributed by atoms with van der Waals surface area (Å²) >= 11 is 0. The van der Waals surface area contributed by atoms with Crippen LogP contribution in [0.3, 0.4) is 0 Å². The molecule has 1 aliphatic rings. The second-order valence-corrected chi connectivity index (χ2v) is 2.65. The molecule has 0 spiro atoms. The van der Waals surface area contributed by atoms with Crippen LogP contribution in [0.25, 0.3) is 0 Å². The van der Waals surface area contributed by atoms with Crippen molar-refractivity contribution in [2.75, 3.05) is 7.11 Å². The Hall–Kier alpha value is -0.560. The minimum absolute atomic E-state index is 0.348. The topological polar surface area (TPSA) is 9.23 Å². The van der Waals surface area contributed by atoms with E-state index in [0.717, 1.165) is 6.42 Å². The fraction of sp³-hybridized carbons (Fsp3) is 0.556. The molecule has 10 heavy (non-hydrogen) atoms. The van der Waals surface area contributed by atoms with E-state index in [1.165, 1.54) is 0 Å². The highest BCUT2D eigenvalue weighted by Gasteiger charge is 2.12. The highest BCUT2D eigenvalue weighted by Crippen LogP contribution is 2.17. The molecule has 0 bridgehead atoms. The highest BCUT2D eigenvalue weighted by atomic mass is 16.5. The van der Waals surface area contributed by atoms with Crippen molar-refractivity contribution in [3.05, 3.63) is 24.3 Å². The molecule has 0 amide bonds. The molecular formula is C9H14O. The Bertz CT molecular complexity index is 147. The predicted molar refractivity (Wildman–Crippen MR) is 42.9 cm³/mol.